The van der Waals surface area contributed by atoms with Gasteiger partial charge in [-0.25, -0.2) is 8.42 Å². The number of nitrogens with one attached hydrogen (secondary N) is 1. The Balaban J connectivity index is 2.38. The van der Waals surface area contributed by atoms with Gasteiger partial charge in [0, 0.05) is 11.1 Å². The number of anilines is 1. The van der Waals surface area contributed by atoms with Gasteiger partial charge in [0.25, 0.3) is 10.0 Å². The molecule has 5 nitrogen and oxygen atoms in total. The van der Waals surface area contributed by atoms with E-state index in [-0.39, 0.29) is 4.90 Å². The Morgan fingerprint density at radius 2 is 1.67 bits per heavy atom. The molecule has 0 amide bonds. The average molecular weight is 328 g/mol. The van der Waals surface area contributed by atoms with Crippen LogP contribution >= 0.6 is 11.6 Å². The summed E-state index contributed by atoms with van der Waals surface area (Å²) < 4.78 is 37.4. The number of methoxy groups -OCH3 is 2. The van der Waals surface area contributed by atoms with Crippen LogP contribution in [0.3, 0.4) is 0 Å². The fraction of sp³-hybridized carbons (Fsp3) is 0.143. The Labute approximate surface area is 128 Å². The molecule has 0 aliphatic rings. The third kappa shape index (κ3) is 3.59. The first-order valence-corrected chi connectivity index (χ1v) is 7.83. The van der Waals surface area contributed by atoms with E-state index in [0.29, 0.717) is 22.2 Å². The van der Waals surface area contributed by atoms with E-state index >= 15 is 0 Å². The molecule has 0 saturated carbocycles. The molecule has 2 rings (SSSR count). The number of rotatable bonds is 5. The minimum absolute atomic E-state index is 0.108. The maximum atomic E-state index is 12.3. The monoisotopic (exact) mass is 327 g/mol. The van der Waals surface area contributed by atoms with E-state index < -0.39 is 10.0 Å². The second-order valence-corrected chi connectivity index (χ2v) is 6.24. The number of benzene rings is 2. The molecule has 0 spiro atoms. The second kappa shape index (κ2) is 6.24. The molecular formula is C14H14ClNO4S. The van der Waals surface area contributed by atoms with Crippen molar-refractivity contribution in [2.45, 2.75) is 4.90 Å². The van der Waals surface area contributed by atoms with Crippen molar-refractivity contribution in [2.24, 2.45) is 0 Å². The zero-order chi connectivity index (χ0) is 15.5. The van der Waals surface area contributed by atoms with Gasteiger partial charge < -0.3 is 9.47 Å². The molecule has 0 saturated heterocycles. The van der Waals surface area contributed by atoms with E-state index in [1.807, 2.05) is 0 Å². The van der Waals surface area contributed by atoms with Crippen LogP contribution in [0, 0.1) is 0 Å². The van der Waals surface area contributed by atoms with Crippen molar-refractivity contribution < 1.29 is 17.9 Å². The fourth-order valence-electron chi connectivity index (χ4n) is 1.71. The summed E-state index contributed by atoms with van der Waals surface area (Å²) in [4.78, 5) is 0.108. The van der Waals surface area contributed by atoms with Gasteiger partial charge in [-0.05, 0) is 36.4 Å². The van der Waals surface area contributed by atoms with Crippen LogP contribution in [-0.2, 0) is 10.0 Å². The van der Waals surface area contributed by atoms with Crippen molar-refractivity contribution in [3.8, 4) is 11.5 Å². The fourth-order valence-corrected chi connectivity index (χ4v) is 2.90. The lowest BCUT2D eigenvalue weighted by molar-refractivity contribution is 0.405. The van der Waals surface area contributed by atoms with Crippen molar-refractivity contribution in [1.29, 1.82) is 0 Å². The summed E-state index contributed by atoms with van der Waals surface area (Å²) in [6, 6.07) is 10.7. The molecule has 1 N–H and O–H groups in total. The van der Waals surface area contributed by atoms with Gasteiger partial charge in [-0.1, -0.05) is 11.6 Å². The second-order valence-electron chi connectivity index (χ2n) is 4.13. The number of ether oxygens (including phenoxy) is 2. The highest BCUT2D eigenvalue weighted by Gasteiger charge is 2.17. The Bertz CT molecular complexity index is 729. The molecule has 0 aliphatic heterocycles. The molecule has 0 unspecified atom stereocenters. The first-order chi connectivity index (χ1) is 9.96. The van der Waals surface area contributed by atoms with E-state index in [0.717, 1.165) is 0 Å². The Morgan fingerprint density at radius 3 is 2.24 bits per heavy atom. The van der Waals surface area contributed by atoms with Crippen LogP contribution in [0.1, 0.15) is 0 Å². The van der Waals surface area contributed by atoms with Gasteiger partial charge in [0.1, 0.15) is 11.5 Å². The van der Waals surface area contributed by atoms with E-state index in [2.05, 4.69) is 4.72 Å². The summed E-state index contributed by atoms with van der Waals surface area (Å²) in [7, 11) is -0.772. The lowest BCUT2D eigenvalue weighted by Gasteiger charge is -2.13. The molecule has 7 heteroatoms. The lowest BCUT2D eigenvalue weighted by Crippen LogP contribution is -2.13. The lowest BCUT2D eigenvalue weighted by atomic mass is 10.3. The molecule has 0 aliphatic carbocycles. The van der Waals surface area contributed by atoms with E-state index in [9.17, 15) is 8.42 Å². The Kier molecular flexibility index (Phi) is 4.59. The smallest absolute Gasteiger partial charge is 0.262 e. The van der Waals surface area contributed by atoms with Gasteiger partial charge in [-0.3, -0.25) is 4.72 Å². The van der Waals surface area contributed by atoms with Crippen LogP contribution in [0.4, 0.5) is 5.69 Å². The number of hydrogen-bond acceptors (Lipinski definition) is 4. The largest absolute Gasteiger partial charge is 0.497 e. The first-order valence-electron chi connectivity index (χ1n) is 5.96. The zero-order valence-corrected chi connectivity index (χ0v) is 13.0. The van der Waals surface area contributed by atoms with Crippen LogP contribution in [0.25, 0.3) is 0 Å². The maximum absolute atomic E-state index is 12.3. The van der Waals surface area contributed by atoms with Gasteiger partial charge in [-0.15, -0.1) is 0 Å². The predicted molar refractivity (Wildman–Crippen MR) is 81.8 cm³/mol. The summed E-state index contributed by atoms with van der Waals surface area (Å²) in [6.45, 7) is 0. The van der Waals surface area contributed by atoms with Gasteiger partial charge in [0.2, 0.25) is 0 Å². The SMILES string of the molecule is COc1ccc(OC)c(NS(=O)(=O)c2ccc(Cl)cc2)c1. The van der Waals surface area contributed by atoms with E-state index in [4.69, 9.17) is 21.1 Å². The van der Waals surface area contributed by atoms with Crippen LogP contribution in [0.15, 0.2) is 47.4 Å². The van der Waals surface area contributed by atoms with Crippen molar-refractivity contribution in [3.05, 3.63) is 47.5 Å². The minimum Gasteiger partial charge on any atom is -0.497 e. The Hall–Kier alpha value is -1.92. The number of halogens is 1. The summed E-state index contributed by atoms with van der Waals surface area (Å²) in [5, 5.41) is 0.466. The highest BCUT2D eigenvalue weighted by Crippen LogP contribution is 2.30. The Morgan fingerprint density at radius 1 is 1.00 bits per heavy atom. The standard InChI is InChI=1S/C14H14ClNO4S/c1-19-11-5-8-14(20-2)13(9-11)16-21(17,18)12-6-3-10(15)4-7-12/h3-9,16H,1-2H3. The molecule has 112 valence electrons. The van der Waals surface area contributed by atoms with Crippen LogP contribution in [0.2, 0.25) is 5.02 Å². The summed E-state index contributed by atoms with van der Waals surface area (Å²) in [6.07, 6.45) is 0. The van der Waals surface area contributed by atoms with Crippen molar-refractivity contribution in [2.75, 3.05) is 18.9 Å². The van der Waals surface area contributed by atoms with Crippen LogP contribution in [-0.4, -0.2) is 22.6 Å². The normalized spacial score (nSPS) is 11.0. The van der Waals surface area contributed by atoms with Crippen LogP contribution in [0.5, 0.6) is 11.5 Å². The minimum atomic E-state index is -3.73. The highest BCUT2D eigenvalue weighted by molar-refractivity contribution is 7.92. The van der Waals surface area contributed by atoms with Gasteiger partial charge in [0.05, 0.1) is 24.8 Å². The van der Waals surface area contributed by atoms with Crippen molar-refractivity contribution in [1.82, 2.24) is 0 Å². The summed E-state index contributed by atoms with van der Waals surface area (Å²) >= 11 is 5.76. The van der Waals surface area contributed by atoms with Crippen LogP contribution < -0.4 is 14.2 Å². The summed E-state index contributed by atoms with van der Waals surface area (Å²) in [5.41, 5.74) is 0.298. The van der Waals surface area contributed by atoms with Gasteiger partial charge >= 0.3 is 0 Å². The van der Waals surface area contributed by atoms with Crippen molar-refractivity contribution in [3.63, 3.8) is 0 Å². The maximum Gasteiger partial charge on any atom is 0.262 e. The number of sulfonamides is 1. The van der Waals surface area contributed by atoms with Gasteiger partial charge in [-0.2, -0.15) is 0 Å². The van der Waals surface area contributed by atoms with Gasteiger partial charge in [0.15, 0.2) is 0 Å². The zero-order valence-electron chi connectivity index (χ0n) is 11.5. The number of hydrogen-bond donors (Lipinski definition) is 1. The molecule has 0 aromatic heterocycles. The molecule has 2 aromatic rings. The third-order valence-corrected chi connectivity index (χ3v) is 4.41. The molecule has 0 fully saturated rings. The third-order valence-electron chi connectivity index (χ3n) is 2.77. The van der Waals surface area contributed by atoms with E-state index in [1.165, 1.54) is 38.5 Å². The first kappa shape index (κ1) is 15.5. The summed E-state index contributed by atoms with van der Waals surface area (Å²) in [5.74, 6) is 0.915. The highest BCUT2D eigenvalue weighted by atomic mass is 35.5. The van der Waals surface area contributed by atoms with Crippen molar-refractivity contribution >= 4 is 27.3 Å². The molecule has 0 atom stereocenters. The predicted octanol–water partition coefficient (Wildman–Crippen LogP) is 3.16. The molecule has 21 heavy (non-hydrogen) atoms. The molecule has 0 radical (unpaired) electrons. The molecule has 0 heterocycles. The topological polar surface area (TPSA) is 64.6 Å². The molecule has 2 aromatic carbocycles. The molecule has 0 bridgehead atoms. The average Bonchev–Trinajstić information content (AvgIpc) is 2.47. The molecular weight excluding hydrogens is 314 g/mol. The van der Waals surface area contributed by atoms with E-state index in [1.54, 1.807) is 18.2 Å². The quantitative estimate of drug-likeness (QED) is 0.916.